The van der Waals surface area contributed by atoms with Crippen LogP contribution in [0.5, 0.6) is 0 Å². The van der Waals surface area contributed by atoms with E-state index in [0.29, 0.717) is 18.1 Å². The summed E-state index contributed by atoms with van der Waals surface area (Å²) in [5.41, 5.74) is 3.76. The van der Waals surface area contributed by atoms with Crippen LogP contribution < -0.4 is 0 Å². The largest absolute Gasteiger partial charge is 0.481 e. The van der Waals surface area contributed by atoms with Crippen LogP contribution in [-0.4, -0.2) is 16.9 Å². The van der Waals surface area contributed by atoms with Crippen molar-refractivity contribution in [3.63, 3.8) is 0 Å². The summed E-state index contributed by atoms with van der Waals surface area (Å²) in [4.78, 5) is 22.7. The van der Waals surface area contributed by atoms with Gasteiger partial charge in [-0.1, -0.05) is 55.2 Å². The van der Waals surface area contributed by atoms with Crippen molar-refractivity contribution >= 4 is 17.8 Å². The molecule has 1 N–H and O–H groups in total. The first-order chi connectivity index (χ1) is 12.0. The van der Waals surface area contributed by atoms with Gasteiger partial charge in [0.05, 0.1) is 0 Å². The Morgan fingerprint density at radius 2 is 1.96 bits per heavy atom. The molecule has 1 aliphatic carbocycles. The topological polar surface area (TPSA) is 54.4 Å². The Labute approximate surface area is 151 Å². The fraction of sp³-hybridized carbons (Fsp3) is 0.545. The van der Waals surface area contributed by atoms with E-state index in [9.17, 15) is 9.59 Å². The highest BCUT2D eigenvalue weighted by molar-refractivity contribution is 5.84. The zero-order valence-corrected chi connectivity index (χ0v) is 15.5. The maximum absolute atomic E-state index is 12.2. The molecule has 1 fully saturated rings. The first-order valence-corrected chi connectivity index (χ1v) is 9.47. The molecule has 0 spiro atoms. The number of aryl methyl sites for hydroxylation is 2. The monoisotopic (exact) mass is 342 g/mol. The zero-order valence-electron chi connectivity index (χ0n) is 15.5. The maximum atomic E-state index is 12.2. The highest BCUT2D eigenvalue weighted by atomic mass is 16.4. The Morgan fingerprint density at radius 1 is 1.20 bits per heavy atom. The Balaban J connectivity index is 1.85. The van der Waals surface area contributed by atoms with Gasteiger partial charge in [-0.05, 0) is 50.2 Å². The standard InChI is InChI=1S/C22H30O3/c1-16-9-10-17(2)19(15-16)12-11-18-13-14-21(23)20(18)7-5-3-4-6-8-22(24)25/h9-12,15,18,20H,3-8,13-14H2,1-2H3,(H,24,25). The van der Waals surface area contributed by atoms with Gasteiger partial charge >= 0.3 is 5.97 Å². The number of carbonyl (C=O) groups is 2. The van der Waals surface area contributed by atoms with Crippen molar-refractivity contribution in [2.75, 3.05) is 0 Å². The molecule has 1 aromatic carbocycles. The third-order valence-corrected chi connectivity index (χ3v) is 5.27. The van der Waals surface area contributed by atoms with Gasteiger partial charge in [0.15, 0.2) is 0 Å². The van der Waals surface area contributed by atoms with Crippen LogP contribution >= 0.6 is 0 Å². The van der Waals surface area contributed by atoms with Crippen LogP contribution in [0.2, 0.25) is 0 Å². The molecule has 0 bridgehead atoms. The summed E-state index contributed by atoms with van der Waals surface area (Å²) in [6.45, 7) is 4.22. The van der Waals surface area contributed by atoms with E-state index in [2.05, 4.69) is 44.2 Å². The lowest BCUT2D eigenvalue weighted by Crippen LogP contribution is -2.13. The van der Waals surface area contributed by atoms with Crippen LogP contribution in [0.25, 0.3) is 6.08 Å². The van der Waals surface area contributed by atoms with Crippen LogP contribution in [-0.2, 0) is 9.59 Å². The maximum Gasteiger partial charge on any atom is 0.303 e. The zero-order chi connectivity index (χ0) is 18.2. The van der Waals surface area contributed by atoms with Gasteiger partial charge in [-0.25, -0.2) is 0 Å². The molecule has 2 rings (SSSR count). The quantitative estimate of drug-likeness (QED) is 0.617. The molecule has 1 aromatic rings. The number of hydrogen-bond acceptors (Lipinski definition) is 2. The van der Waals surface area contributed by atoms with E-state index < -0.39 is 5.97 Å². The molecule has 1 aliphatic rings. The number of hydrogen-bond donors (Lipinski definition) is 1. The number of allylic oxidation sites excluding steroid dienone is 1. The summed E-state index contributed by atoms with van der Waals surface area (Å²) in [5.74, 6) is 0.191. The van der Waals surface area contributed by atoms with Crippen molar-refractivity contribution in [3.05, 3.63) is 41.0 Å². The number of carbonyl (C=O) groups excluding carboxylic acids is 1. The van der Waals surface area contributed by atoms with E-state index in [0.717, 1.165) is 38.5 Å². The third kappa shape index (κ3) is 6.15. The predicted octanol–water partition coefficient (Wildman–Crippen LogP) is 5.34. The number of benzene rings is 1. The Kier molecular flexibility index (Phi) is 7.42. The van der Waals surface area contributed by atoms with Crippen molar-refractivity contribution in [1.29, 1.82) is 0 Å². The van der Waals surface area contributed by atoms with Gasteiger partial charge in [-0.15, -0.1) is 0 Å². The van der Waals surface area contributed by atoms with Crippen LogP contribution in [0, 0.1) is 25.7 Å². The first kappa shape index (κ1) is 19.4. The summed E-state index contributed by atoms with van der Waals surface area (Å²) in [6, 6.07) is 6.46. The molecule has 0 radical (unpaired) electrons. The Morgan fingerprint density at radius 3 is 2.72 bits per heavy atom. The lowest BCUT2D eigenvalue weighted by atomic mass is 9.89. The van der Waals surface area contributed by atoms with E-state index in [-0.39, 0.29) is 12.3 Å². The number of aliphatic carboxylic acids is 1. The predicted molar refractivity (Wildman–Crippen MR) is 102 cm³/mol. The van der Waals surface area contributed by atoms with Crippen molar-refractivity contribution in [2.45, 2.75) is 65.2 Å². The number of unbranched alkanes of at least 4 members (excludes halogenated alkanes) is 3. The number of rotatable bonds is 9. The average Bonchev–Trinajstić information content (AvgIpc) is 2.91. The van der Waals surface area contributed by atoms with E-state index in [1.807, 2.05) is 0 Å². The number of ketones is 1. The summed E-state index contributed by atoms with van der Waals surface area (Å²) < 4.78 is 0. The smallest absolute Gasteiger partial charge is 0.303 e. The van der Waals surface area contributed by atoms with Crippen molar-refractivity contribution in [3.8, 4) is 0 Å². The number of carboxylic acid groups (broad SMARTS) is 1. The van der Waals surface area contributed by atoms with E-state index in [1.54, 1.807) is 0 Å². The van der Waals surface area contributed by atoms with Crippen molar-refractivity contribution < 1.29 is 14.7 Å². The molecule has 3 nitrogen and oxygen atoms in total. The SMILES string of the molecule is Cc1ccc(C)c(C=CC2CCC(=O)C2CCCCCCC(=O)O)c1. The molecule has 2 atom stereocenters. The van der Waals surface area contributed by atoms with Crippen LogP contribution in [0.3, 0.4) is 0 Å². The molecule has 0 heterocycles. The average molecular weight is 342 g/mol. The fourth-order valence-electron chi connectivity index (χ4n) is 3.70. The highest BCUT2D eigenvalue weighted by Crippen LogP contribution is 2.34. The summed E-state index contributed by atoms with van der Waals surface area (Å²) >= 11 is 0. The summed E-state index contributed by atoms with van der Waals surface area (Å²) in [7, 11) is 0. The highest BCUT2D eigenvalue weighted by Gasteiger charge is 2.32. The van der Waals surface area contributed by atoms with Gasteiger partial charge in [-0.2, -0.15) is 0 Å². The van der Waals surface area contributed by atoms with Gasteiger partial charge in [0.2, 0.25) is 0 Å². The van der Waals surface area contributed by atoms with Gasteiger partial charge in [0, 0.05) is 18.8 Å². The molecule has 0 amide bonds. The molecule has 136 valence electrons. The van der Waals surface area contributed by atoms with Crippen LogP contribution in [0.4, 0.5) is 0 Å². The molecule has 1 saturated carbocycles. The van der Waals surface area contributed by atoms with Crippen LogP contribution in [0.15, 0.2) is 24.3 Å². The minimum absolute atomic E-state index is 0.154. The Hall–Kier alpha value is -1.90. The summed E-state index contributed by atoms with van der Waals surface area (Å²) in [5, 5.41) is 8.65. The second-order valence-corrected chi connectivity index (χ2v) is 7.34. The van der Waals surface area contributed by atoms with E-state index in [1.165, 1.54) is 16.7 Å². The number of carboxylic acids is 1. The Bertz CT molecular complexity index is 630. The van der Waals surface area contributed by atoms with Gasteiger partial charge in [0.1, 0.15) is 5.78 Å². The molecule has 3 heteroatoms. The minimum Gasteiger partial charge on any atom is -0.481 e. The molecular weight excluding hydrogens is 312 g/mol. The second-order valence-electron chi connectivity index (χ2n) is 7.34. The molecule has 25 heavy (non-hydrogen) atoms. The van der Waals surface area contributed by atoms with E-state index >= 15 is 0 Å². The molecule has 0 aliphatic heterocycles. The van der Waals surface area contributed by atoms with Crippen molar-refractivity contribution in [1.82, 2.24) is 0 Å². The normalized spacial score (nSPS) is 20.5. The lowest BCUT2D eigenvalue weighted by Gasteiger charge is -2.15. The summed E-state index contributed by atoms with van der Waals surface area (Å²) in [6.07, 6.45) is 11.0. The molecule has 0 saturated heterocycles. The van der Waals surface area contributed by atoms with E-state index in [4.69, 9.17) is 5.11 Å². The number of Topliss-reactive ketones (excluding diaryl/α,β-unsaturated/α-hetero) is 1. The molecule has 0 aromatic heterocycles. The van der Waals surface area contributed by atoms with Crippen molar-refractivity contribution in [2.24, 2.45) is 11.8 Å². The third-order valence-electron chi connectivity index (χ3n) is 5.27. The van der Waals surface area contributed by atoms with Gasteiger partial charge in [0.25, 0.3) is 0 Å². The fourth-order valence-corrected chi connectivity index (χ4v) is 3.70. The second kappa shape index (κ2) is 9.55. The van der Waals surface area contributed by atoms with Crippen LogP contribution in [0.1, 0.15) is 68.1 Å². The lowest BCUT2D eigenvalue weighted by molar-refractivity contribution is -0.137. The van der Waals surface area contributed by atoms with Gasteiger partial charge < -0.3 is 5.11 Å². The molecular formula is C22H30O3. The van der Waals surface area contributed by atoms with Gasteiger partial charge in [-0.3, -0.25) is 9.59 Å². The minimum atomic E-state index is -0.720. The molecule has 2 unspecified atom stereocenters. The first-order valence-electron chi connectivity index (χ1n) is 9.47.